The van der Waals surface area contributed by atoms with Crippen molar-refractivity contribution in [3.8, 4) is 11.5 Å². The minimum Gasteiger partial charge on any atom is -0.503 e. The van der Waals surface area contributed by atoms with E-state index < -0.39 is 0 Å². The number of rotatable bonds is 9. The first kappa shape index (κ1) is 19.2. The van der Waals surface area contributed by atoms with Crippen LogP contribution in [-0.4, -0.2) is 38.2 Å². The average Bonchev–Trinajstić information content (AvgIpc) is 3.18. The summed E-state index contributed by atoms with van der Waals surface area (Å²) in [7, 11) is 1.52. The fourth-order valence-corrected chi connectivity index (χ4v) is 3.22. The first-order valence-corrected chi connectivity index (χ1v) is 9.16. The quantitative estimate of drug-likeness (QED) is 0.607. The van der Waals surface area contributed by atoms with Crippen molar-refractivity contribution in [3.05, 3.63) is 71.5 Å². The standard InChI is InChI=1S/C20H23ClN4O2/c1-27-19-12-17(11-18(21)20(19)26)14-25(13-16-3-5-22-6-4-16)9-2-8-24-10-7-23-15-24/h3-7,10-12,15,26H,2,8-9,13-14H2,1H3. The summed E-state index contributed by atoms with van der Waals surface area (Å²) in [5, 5.41) is 10.3. The molecule has 7 heteroatoms. The summed E-state index contributed by atoms with van der Waals surface area (Å²) in [5.41, 5.74) is 2.19. The molecule has 2 aromatic heterocycles. The molecular weight excluding hydrogens is 364 g/mol. The van der Waals surface area contributed by atoms with Gasteiger partial charge in [-0.1, -0.05) is 11.6 Å². The van der Waals surface area contributed by atoms with Gasteiger partial charge in [0.1, 0.15) is 0 Å². The van der Waals surface area contributed by atoms with Gasteiger partial charge < -0.3 is 14.4 Å². The lowest BCUT2D eigenvalue weighted by atomic mass is 10.1. The van der Waals surface area contributed by atoms with Crippen LogP contribution in [0.25, 0.3) is 0 Å². The molecule has 0 saturated carbocycles. The van der Waals surface area contributed by atoms with E-state index in [-0.39, 0.29) is 5.75 Å². The monoisotopic (exact) mass is 386 g/mol. The zero-order valence-corrected chi connectivity index (χ0v) is 16.0. The molecule has 0 bridgehead atoms. The van der Waals surface area contributed by atoms with E-state index in [1.54, 1.807) is 24.7 Å². The Bertz CT molecular complexity index is 841. The third kappa shape index (κ3) is 5.45. The van der Waals surface area contributed by atoms with Gasteiger partial charge in [-0.15, -0.1) is 0 Å². The Morgan fingerprint density at radius 3 is 2.59 bits per heavy atom. The number of halogens is 1. The minimum absolute atomic E-state index is 0.0243. The highest BCUT2D eigenvalue weighted by atomic mass is 35.5. The van der Waals surface area contributed by atoms with Crippen LogP contribution >= 0.6 is 11.6 Å². The fraction of sp³-hybridized carbons (Fsp3) is 0.300. The number of aromatic hydroxyl groups is 1. The van der Waals surface area contributed by atoms with Crippen molar-refractivity contribution in [1.29, 1.82) is 0 Å². The van der Waals surface area contributed by atoms with Gasteiger partial charge in [0, 0.05) is 51.0 Å². The molecule has 0 aliphatic heterocycles. The van der Waals surface area contributed by atoms with E-state index in [4.69, 9.17) is 16.3 Å². The van der Waals surface area contributed by atoms with Gasteiger partial charge in [-0.25, -0.2) is 4.98 Å². The molecule has 0 atom stereocenters. The highest BCUT2D eigenvalue weighted by Gasteiger charge is 2.13. The summed E-state index contributed by atoms with van der Waals surface area (Å²) in [6.07, 6.45) is 10.2. The molecule has 142 valence electrons. The van der Waals surface area contributed by atoms with Crippen molar-refractivity contribution in [1.82, 2.24) is 19.4 Å². The summed E-state index contributed by atoms with van der Waals surface area (Å²) in [6, 6.07) is 7.66. The number of hydrogen-bond donors (Lipinski definition) is 1. The molecule has 1 N–H and O–H groups in total. The summed E-state index contributed by atoms with van der Waals surface area (Å²) in [6.45, 7) is 3.31. The molecule has 6 nitrogen and oxygen atoms in total. The lowest BCUT2D eigenvalue weighted by Crippen LogP contribution is -2.25. The van der Waals surface area contributed by atoms with Crippen molar-refractivity contribution >= 4 is 11.6 Å². The molecule has 0 fully saturated rings. The first-order valence-electron chi connectivity index (χ1n) is 8.78. The van der Waals surface area contributed by atoms with Gasteiger partial charge in [-0.3, -0.25) is 9.88 Å². The number of nitrogens with zero attached hydrogens (tertiary/aromatic N) is 4. The highest BCUT2D eigenvalue weighted by molar-refractivity contribution is 6.32. The maximum Gasteiger partial charge on any atom is 0.176 e. The number of benzene rings is 1. The van der Waals surface area contributed by atoms with Crippen LogP contribution < -0.4 is 4.74 Å². The molecule has 1 aromatic carbocycles. The van der Waals surface area contributed by atoms with Gasteiger partial charge in [0.25, 0.3) is 0 Å². The predicted octanol–water partition coefficient (Wildman–Crippen LogP) is 3.74. The zero-order chi connectivity index (χ0) is 19.1. The molecule has 27 heavy (non-hydrogen) atoms. The molecular formula is C20H23ClN4O2. The van der Waals surface area contributed by atoms with Crippen LogP contribution in [-0.2, 0) is 19.6 Å². The number of phenolic OH excluding ortho intramolecular Hbond substituents is 1. The number of imidazole rings is 1. The van der Waals surface area contributed by atoms with Crippen LogP contribution in [0.1, 0.15) is 17.5 Å². The minimum atomic E-state index is -0.0243. The molecule has 0 radical (unpaired) electrons. The molecule has 3 aromatic rings. The van der Waals surface area contributed by atoms with E-state index in [1.165, 1.54) is 12.7 Å². The van der Waals surface area contributed by atoms with Crippen molar-refractivity contribution in [2.75, 3.05) is 13.7 Å². The smallest absolute Gasteiger partial charge is 0.176 e. The van der Waals surface area contributed by atoms with Crippen molar-refractivity contribution in [3.63, 3.8) is 0 Å². The van der Waals surface area contributed by atoms with Gasteiger partial charge >= 0.3 is 0 Å². The molecule has 0 unspecified atom stereocenters. The van der Waals surface area contributed by atoms with Crippen LogP contribution in [0.3, 0.4) is 0 Å². The Balaban J connectivity index is 1.71. The van der Waals surface area contributed by atoms with E-state index in [9.17, 15) is 5.11 Å². The number of methoxy groups -OCH3 is 1. The average molecular weight is 387 g/mol. The predicted molar refractivity (Wildman–Crippen MR) is 105 cm³/mol. The topological polar surface area (TPSA) is 63.4 Å². The van der Waals surface area contributed by atoms with Gasteiger partial charge in [0.05, 0.1) is 18.5 Å². The number of pyridine rings is 1. The third-order valence-corrected chi connectivity index (χ3v) is 4.61. The Morgan fingerprint density at radius 2 is 1.89 bits per heavy atom. The lowest BCUT2D eigenvalue weighted by molar-refractivity contribution is 0.248. The molecule has 2 heterocycles. The molecule has 0 spiro atoms. The Kier molecular flexibility index (Phi) is 6.68. The van der Waals surface area contributed by atoms with Crippen molar-refractivity contribution in [2.45, 2.75) is 26.1 Å². The van der Waals surface area contributed by atoms with Crippen LogP contribution in [0.5, 0.6) is 11.5 Å². The number of phenols is 1. The highest BCUT2D eigenvalue weighted by Crippen LogP contribution is 2.35. The molecule has 0 amide bonds. The third-order valence-electron chi connectivity index (χ3n) is 4.32. The summed E-state index contributed by atoms with van der Waals surface area (Å²) < 4.78 is 7.30. The second-order valence-corrected chi connectivity index (χ2v) is 6.76. The Labute approximate surface area is 164 Å². The molecule has 0 saturated heterocycles. The lowest BCUT2D eigenvalue weighted by Gasteiger charge is -2.23. The van der Waals surface area contributed by atoms with E-state index in [2.05, 4.69) is 19.4 Å². The number of ether oxygens (including phenoxy) is 1. The van der Waals surface area contributed by atoms with Gasteiger partial charge in [-0.2, -0.15) is 0 Å². The van der Waals surface area contributed by atoms with E-state index in [0.29, 0.717) is 17.3 Å². The number of hydrogen-bond acceptors (Lipinski definition) is 5. The summed E-state index contributed by atoms with van der Waals surface area (Å²) in [5.74, 6) is 0.364. The molecule has 3 rings (SSSR count). The maximum absolute atomic E-state index is 9.95. The van der Waals surface area contributed by atoms with Crippen LogP contribution in [0, 0.1) is 0 Å². The maximum atomic E-state index is 9.95. The van der Waals surface area contributed by atoms with Crippen molar-refractivity contribution in [2.24, 2.45) is 0 Å². The van der Waals surface area contributed by atoms with E-state index in [1.807, 2.05) is 30.7 Å². The largest absolute Gasteiger partial charge is 0.503 e. The van der Waals surface area contributed by atoms with Crippen LogP contribution in [0.2, 0.25) is 5.02 Å². The normalized spacial score (nSPS) is 11.1. The zero-order valence-electron chi connectivity index (χ0n) is 15.3. The second-order valence-electron chi connectivity index (χ2n) is 6.35. The number of aryl methyl sites for hydroxylation is 1. The second kappa shape index (κ2) is 9.39. The van der Waals surface area contributed by atoms with Crippen LogP contribution in [0.15, 0.2) is 55.4 Å². The number of aromatic nitrogens is 3. The van der Waals surface area contributed by atoms with Gasteiger partial charge in [0.15, 0.2) is 11.5 Å². The van der Waals surface area contributed by atoms with Gasteiger partial charge in [-0.05, 0) is 41.8 Å². The fourth-order valence-electron chi connectivity index (χ4n) is 2.99. The van der Waals surface area contributed by atoms with E-state index >= 15 is 0 Å². The first-order chi connectivity index (χ1) is 13.2. The van der Waals surface area contributed by atoms with E-state index in [0.717, 1.165) is 31.6 Å². The Morgan fingerprint density at radius 1 is 1.11 bits per heavy atom. The Hall–Kier alpha value is -2.57. The molecule has 0 aliphatic rings. The molecule has 0 aliphatic carbocycles. The SMILES string of the molecule is COc1cc(CN(CCCn2ccnc2)Cc2ccncc2)cc(Cl)c1O. The van der Waals surface area contributed by atoms with Gasteiger partial charge in [0.2, 0.25) is 0 Å². The van der Waals surface area contributed by atoms with Crippen molar-refractivity contribution < 1.29 is 9.84 Å². The van der Waals surface area contributed by atoms with Crippen LogP contribution in [0.4, 0.5) is 0 Å². The summed E-state index contributed by atoms with van der Waals surface area (Å²) >= 11 is 6.15. The summed E-state index contributed by atoms with van der Waals surface area (Å²) in [4.78, 5) is 10.5.